The van der Waals surface area contributed by atoms with Gasteiger partial charge >= 0.3 is 0 Å². The SMILES string of the molecule is COc1ccc(OC)c([C@@H]2C(C#N)=C(C)NC3=C2C(=O)CC(C)(C)C3)c1. The molecule has 0 spiro atoms. The van der Waals surface area contributed by atoms with E-state index >= 15 is 0 Å². The minimum atomic E-state index is -0.440. The third-order valence-corrected chi connectivity index (χ3v) is 5.11. The first-order valence-corrected chi connectivity index (χ1v) is 8.67. The molecule has 0 amide bonds. The molecule has 1 N–H and O–H groups in total. The van der Waals surface area contributed by atoms with Gasteiger partial charge in [0.15, 0.2) is 5.78 Å². The van der Waals surface area contributed by atoms with Crippen molar-refractivity contribution in [3.8, 4) is 17.6 Å². The molecule has 5 nitrogen and oxygen atoms in total. The van der Waals surface area contributed by atoms with E-state index in [4.69, 9.17) is 9.47 Å². The van der Waals surface area contributed by atoms with Gasteiger partial charge in [-0.15, -0.1) is 0 Å². The van der Waals surface area contributed by atoms with Gasteiger partial charge in [0, 0.05) is 29.0 Å². The van der Waals surface area contributed by atoms with Crippen LogP contribution in [0.2, 0.25) is 0 Å². The summed E-state index contributed by atoms with van der Waals surface area (Å²) in [6, 6.07) is 7.79. The molecule has 26 heavy (non-hydrogen) atoms. The molecule has 0 unspecified atom stereocenters. The lowest BCUT2D eigenvalue weighted by Gasteiger charge is -2.39. The van der Waals surface area contributed by atoms with Gasteiger partial charge in [-0.2, -0.15) is 5.26 Å². The zero-order valence-corrected chi connectivity index (χ0v) is 15.9. The molecule has 1 aliphatic heterocycles. The molecule has 1 aromatic rings. The van der Waals surface area contributed by atoms with Crippen molar-refractivity contribution in [1.29, 1.82) is 5.26 Å². The molecular formula is C21H24N2O3. The largest absolute Gasteiger partial charge is 0.497 e. The summed E-state index contributed by atoms with van der Waals surface area (Å²) >= 11 is 0. The second kappa shape index (κ2) is 6.53. The number of hydrogen-bond donors (Lipinski definition) is 1. The minimum absolute atomic E-state index is 0.0823. The fourth-order valence-electron chi connectivity index (χ4n) is 3.96. The quantitative estimate of drug-likeness (QED) is 0.895. The van der Waals surface area contributed by atoms with Gasteiger partial charge < -0.3 is 14.8 Å². The number of methoxy groups -OCH3 is 2. The molecule has 0 radical (unpaired) electrons. The Hall–Kier alpha value is -2.74. The predicted molar refractivity (Wildman–Crippen MR) is 98.8 cm³/mol. The molecule has 1 atom stereocenters. The monoisotopic (exact) mass is 352 g/mol. The highest BCUT2D eigenvalue weighted by Crippen LogP contribution is 2.48. The van der Waals surface area contributed by atoms with Crippen molar-refractivity contribution in [2.75, 3.05) is 14.2 Å². The second-order valence-electron chi connectivity index (χ2n) is 7.65. The highest BCUT2D eigenvalue weighted by atomic mass is 16.5. The third-order valence-electron chi connectivity index (χ3n) is 5.11. The molecule has 0 fully saturated rings. The molecule has 1 aromatic carbocycles. The van der Waals surface area contributed by atoms with Gasteiger partial charge in [-0.25, -0.2) is 0 Å². The number of carbonyl (C=O) groups excluding carboxylic acids is 1. The Kier molecular flexibility index (Phi) is 4.53. The van der Waals surface area contributed by atoms with Crippen LogP contribution in [0, 0.1) is 16.7 Å². The van der Waals surface area contributed by atoms with Gasteiger partial charge in [0.25, 0.3) is 0 Å². The molecular weight excluding hydrogens is 328 g/mol. The van der Waals surface area contributed by atoms with Crippen LogP contribution >= 0.6 is 0 Å². The van der Waals surface area contributed by atoms with Gasteiger partial charge in [0.1, 0.15) is 11.5 Å². The number of Topliss-reactive ketones (excluding diaryl/α,β-unsaturated/α-hetero) is 1. The van der Waals surface area contributed by atoms with Crippen molar-refractivity contribution in [1.82, 2.24) is 5.32 Å². The molecule has 136 valence electrons. The first-order chi connectivity index (χ1) is 12.3. The Morgan fingerprint density at radius 2 is 1.96 bits per heavy atom. The van der Waals surface area contributed by atoms with Crippen LogP contribution in [0.4, 0.5) is 0 Å². The fourth-order valence-corrected chi connectivity index (χ4v) is 3.96. The lowest BCUT2D eigenvalue weighted by molar-refractivity contribution is -0.118. The van der Waals surface area contributed by atoms with Gasteiger partial charge in [-0.3, -0.25) is 4.79 Å². The Bertz CT molecular complexity index is 872. The van der Waals surface area contributed by atoms with E-state index in [1.807, 2.05) is 25.1 Å². The molecule has 2 aliphatic rings. The van der Waals surface area contributed by atoms with Crippen LogP contribution in [0.15, 0.2) is 40.7 Å². The first kappa shape index (κ1) is 18.1. The Balaban J connectivity index is 2.25. The van der Waals surface area contributed by atoms with Crippen molar-refractivity contribution < 1.29 is 14.3 Å². The van der Waals surface area contributed by atoms with Gasteiger partial charge in [-0.05, 0) is 37.0 Å². The van der Waals surface area contributed by atoms with Crippen molar-refractivity contribution in [2.24, 2.45) is 5.41 Å². The van der Waals surface area contributed by atoms with E-state index < -0.39 is 5.92 Å². The van der Waals surface area contributed by atoms with Crippen LogP contribution in [-0.4, -0.2) is 20.0 Å². The number of rotatable bonds is 3. The van der Waals surface area contributed by atoms with E-state index in [0.29, 0.717) is 29.1 Å². The number of allylic oxidation sites excluding steroid dienone is 4. The van der Waals surface area contributed by atoms with Gasteiger partial charge in [0.2, 0.25) is 0 Å². The van der Waals surface area contributed by atoms with E-state index in [0.717, 1.165) is 23.4 Å². The lowest BCUT2D eigenvalue weighted by atomic mass is 9.68. The van der Waals surface area contributed by atoms with E-state index in [-0.39, 0.29) is 11.2 Å². The maximum absolute atomic E-state index is 13.0. The summed E-state index contributed by atoms with van der Waals surface area (Å²) in [7, 11) is 3.19. The third kappa shape index (κ3) is 2.96. The fraction of sp³-hybridized carbons (Fsp3) is 0.429. The highest BCUT2D eigenvalue weighted by Gasteiger charge is 2.42. The summed E-state index contributed by atoms with van der Waals surface area (Å²) in [5.41, 5.74) is 3.60. The summed E-state index contributed by atoms with van der Waals surface area (Å²) in [5, 5.41) is 13.1. The zero-order valence-electron chi connectivity index (χ0n) is 15.9. The average molecular weight is 352 g/mol. The Morgan fingerprint density at radius 3 is 2.58 bits per heavy atom. The number of nitrogens with one attached hydrogen (secondary N) is 1. The summed E-state index contributed by atoms with van der Waals surface area (Å²) in [6.07, 6.45) is 1.24. The summed E-state index contributed by atoms with van der Waals surface area (Å²) in [5.74, 6) is 0.950. The number of carbonyl (C=O) groups is 1. The van der Waals surface area contributed by atoms with Gasteiger partial charge in [0.05, 0.1) is 31.8 Å². The first-order valence-electron chi connectivity index (χ1n) is 8.67. The normalized spacial score (nSPS) is 21.7. The topological polar surface area (TPSA) is 71.3 Å². The molecule has 5 heteroatoms. The van der Waals surface area contributed by atoms with E-state index in [1.54, 1.807) is 14.2 Å². The van der Waals surface area contributed by atoms with Crippen LogP contribution < -0.4 is 14.8 Å². The number of dihydropyridines is 1. The highest BCUT2D eigenvalue weighted by molar-refractivity contribution is 6.00. The van der Waals surface area contributed by atoms with Crippen molar-refractivity contribution in [3.63, 3.8) is 0 Å². The van der Waals surface area contributed by atoms with Crippen LogP contribution in [0.25, 0.3) is 0 Å². The number of ether oxygens (including phenoxy) is 2. The number of benzene rings is 1. The Labute approximate surface area is 154 Å². The molecule has 3 rings (SSSR count). The summed E-state index contributed by atoms with van der Waals surface area (Å²) in [6.45, 7) is 6.07. The predicted octanol–water partition coefficient (Wildman–Crippen LogP) is 3.83. The maximum Gasteiger partial charge on any atom is 0.162 e. The summed E-state index contributed by atoms with van der Waals surface area (Å²) in [4.78, 5) is 13.0. The summed E-state index contributed by atoms with van der Waals surface area (Å²) < 4.78 is 10.9. The number of hydrogen-bond acceptors (Lipinski definition) is 5. The van der Waals surface area contributed by atoms with E-state index in [2.05, 4.69) is 25.2 Å². The minimum Gasteiger partial charge on any atom is -0.497 e. The number of nitriles is 1. The van der Waals surface area contributed by atoms with Gasteiger partial charge in [-0.1, -0.05) is 13.8 Å². The molecule has 0 bridgehead atoms. The zero-order chi connectivity index (χ0) is 19.1. The van der Waals surface area contributed by atoms with Crippen molar-refractivity contribution in [3.05, 3.63) is 46.3 Å². The maximum atomic E-state index is 13.0. The molecule has 0 aromatic heterocycles. The van der Waals surface area contributed by atoms with Crippen molar-refractivity contribution >= 4 is 5.78 Å². The van der Waals surface area contributed by atoms with Crippen molar-refractivity contribution in [2.45, 2.75) is 39.5 Å². The molecule has 1 heterocycles. The van der Waals surface area contributed by atoms with Crippen LogP contribution in [-0.2, 0) is 4.79 Å². The standard InChI is InChI=1S/C21H24N2O3/c1-12-15(11-22)19(14-8-13(25-4)6-7-18(14)26-5)20-16(23-12)9-21(2,3)10-17(20)24/h6-8,19,23H,9-10H2,1-5H3/t19-/m1/s1. The number of nitrogens with zero attached hydrogens (tertiary/aromatic N) is 1. The Morgan fingerprint density at radius 1 is 1.23 bits per heavy atom. The lowest BCUT2D eigenvalue weighted by Crippen LogP contribution is -2.37. The van der Waals surface area contributed by atoms with Crippen LogP contribution in [0.3, 0.4) is 0 Å². The van der Waals surface area contributed by atoms with Crippen LogP contribution in [0.5, 0.6) is 11.5 Å². The molecule has 0 saturated carbocycles. The molecule has 1 aliphatic carbocycles. The average Bonchev–Trinajstić information content (AvgIpc) is 2.58. The molecule has 0 saturated heterocycles. The van der Waals surface area contributed by atoms with E-state index in [9.17, 15) is 10.1 Å². The number of ketones is 1. The second-order valence-corrected chi connectivity index (χ2v) is 7.65. The van der Waals surface area contributed by atoms with E-state index in [1.165, 1.54) is 0 Å². The van der Waals surface area contributed by atoms with Crippen LogP contribution in [0.1, 0.15) is 45.1 Å². The smallest absolute Gasteiger partial charge is 0.162 e.